The largest absolute Gasteiger partial charge is 0.497 e. The predicted octanol–water partition coefficient (Wildman–Crippen LogP) is 3.32. The molecule has 0 fully saturated rings. The van der Waals surface area contributed by atoms with Crippen LogP contribution in [0.15, 0.2) is 42.7 Å². The maximum Gasteiger partial charge on any atom is 0.119 e. The topological polar surface area (TPSA) is 22.1 Å². The quantitative estimate of drug-likeness (QED) is 0.780. The smallest absolute Gasteiger partial charge is 0.119 e. The first-order chi connectivity index (χ1) is 7.85. The number of benzene rings is 1. The van der Waals surface area contributed by atoms with E-state index in [1.54, 1.807) is 7.11 Å². The van der Waals surface area contributed by atoms with Crippen LogP contribution in [0.4, 0.5) is 0 Å². The molecule has 1 heterocycles. The number of aryl methyl sites for hydroxylation is 1. The van der Waals surface area contributed by atoms with Crippen LogP contribution in [-0.2, 0) is 6.42 Å². The average molecular weight is 213 g/mol. The lowest BCUT2D eigenvalue weighted by Gasteiger charge is -2.08. The van der Waals surface area contributed by atoms with Gasteiger partial charge >= 0.3 is 0 Å². The van der Waals surface area contributed by atoms with E-state index in [9.17, 15) is 0 Å². The number of aromatic nitrogens is 1. The van der Waals surface area contributed by atoms with Gasteiger partial charge in [-0.3, -0.25) is 4.98 Å². The molecule has 82 valence electrons. The normalized spacial score (nSPS) is 10.1. The second kappa shape index (κ2) is 4.79. The molecular formula is C14H15NO. The Morgan fingerprint density at radius 2 is 2.12 bits per heavy atom. The van der Waals surface area contributed by atoms with E-state index in [0.717, 1.165) is 17.7 Å². The molecule has 1 aromatic carbocycles. The molecule has 0 aliphatic carbocycles. The summed E-state index contributed by atoms with van der Waals surface area (Å²) in [6.45, 7) is 2.15. The first-order valence-electron chi connectivity index (χ1n) is 5.42. The Hall–Kier alpha value is -1.83. The van der Waals surface area contributed by atoms with Gasteiger partial charge in [0.2, 0.25) is 0 Å². The number of pyridine rings is 1. The van der Waals surface area contributed by atoms with Crippen LogP contribution in [0.3, 0.4) is 0 Å². The van der Waals surface area contributed by atoms with Crippen LogP contribution in [0.5, 0.6) is 5.75 Å². The Morgan fingerprint density at radius 3 is 2.88 bits per heavy atom. The van der Waals surface area contributed by atoms with E-state index in [0.29, 0.717) is 0 Å². The molecule has 2 nitrogen and oxygen atoms in total. The lowest BCUT2D eigenvalue weighted by atomic mass is 10.0. The number of hydrogen-bond donors (Lipinski definition) is 0. The predicted molar refractivity (Wildman–Crippen MR) is 65.6 cm³/mol. The van der Waals surface area contributed by atoms with E-state index in [4.69, 9.17) is 4.74 Å². The summed E-state index contributed by atoms with van der Waals surface area (Å²) in [6, 6.07) is 10.1. The Morgan fingerprint density at radius 1 is 1.25 bits per heavy atom. The van der Waals surface area contributed by atoms with Gasteiger partial charge < -0.3 is 4.74 Å². The molecule has 0 radical (unpaired) electrons. The first kappa shape index (κ1) is 10.7. The highest BCUT2D eigenvalue weighted by molar-refractivity contribution is 5.67. The zero-order valence-electron chi connectivity index (χ0n) is 9.60. The Balaban J connectivity index is 2.49. The van der Waals surface area contributed by atoms with Crippen molar-refractivity contribution in [3.05, 3.63) is 48.3 Å². The number of nitrogens with zero attached hydrogens (tertiary/aromatic N) is 1. The minimum atomic E-state index is 0.878. The molecule has 2 aromatic rings. The maximum atomic E-state index is 5.23. The summed E-state index contributed by atoms with van der Waals surface area (Å²) in [7, 11) is 1.68. The van der Waals surface area contributed by atoms with Crippen LogP contribution in [0, 0.1) is 0 Å². The van der Waals surface area contributed by atoms with Crippen LogP contribution >= 0.6 is 0 Å². The summed E-state index contributed by atoms with van der Waals surface area (Å²) in [4.78, 5) is 4.18. The molecule has 0 bridgehead atoms. The second-order valence-electron chi connectivity index (χ2n) is 3.62. The van der Waals surface area contributed by atoms with Gasteiger partial charge in [0.05, 0.1) is 7.11 Å². The molecule has 0 atom stereocenters. The summed E-state index contributed by atoms with van der Waals surface area (Å²) in [6.07, 6.45) is 4.76. The van der Waals surface area contributed by atoms with Crippen molar-refractivity contribution >= 4 is 0 Å². The molecule has 0 saturated carbocycles. The SMILES string of the molecule is CCc1ccncc1-c1cccc(OC)c1. The number of hydrogen-bond acceptors (Lipinski definition) is 2. The lowest BCUT2D eigenvalue weighted by molar-refractivity contribution is 0.415. The van der Waals surface area contributed by atoms with Crippen LogP contribution in [0.2, 0.25) is 0 Å². The number of ether oxygens (including phenoxy) is 1. The van der Waals surface area contributed by atoms with Crippen LogP contribution < -0.4 is 4.74 Å². The molecule has 1 aromatic heterocycles. The Labute approximate surface area is 95.9 Å². The molecule has 0 N–H and O–H groups in total. The second-order valence-corrected chi connectivity index (χ2v) is 3.62. The van der Waals surface area contributed by atoms with E-state index in [2.05, 4.69) is 24.0 Å². The fourth-order valence-corrected chi connectivity index (χ4v) is 1.78. The van der Waals surface area contributed by atoms with Gasteiger partial charge in [-0.05, 0) is 35.7 Å². The van der Waals surface area contributed by atoms with Gasteiger partial charge in [0.15, 0.2) is 0 Å². The summed E-state index contributed by atoms with van der Waals surface area (Å²) in [5, 5.41) is 0. The van der Waals surface area contributed by atoms with Gasteiger partial charge in [-0.25, -0.2) is 0 Å². The average Bonchev–Trinajstić information content (AvgIpc) is 2.38. The summed E-state index contributed by atoms with van der Waals surface area (Å²) < 4.78 is 5.23. The highest BCUT2D eigenvalue weighted by atomic mass is 16.5. The van der Waals surface area contributed by atoms with Crippen molar-refractivity contribution in [3.63, 3.8) is 0 Å². The molecule has 0 spiro atoms. The third-order valence-electron chi connectivity index (χ3n) is 2.67. The summed E-state index contributed by atoms with van der Waals surface area (Å²) in [5.74, 6) is 0.878. The number of rotatable bonds is 3. The van der Waals surface area contributed by atoms with Gasteiger partial charge in [-0.2, -0.15) is 0 Å². The molecule has 0 saturated heterocycles. The van der Waals surface area contributed by atoms with Crippen molar-refractivity contribution in [2.24, 2.45) is 0 Å². The van der Waals surface area contributed by atoms with Crippen LogP contribution in [-0.4, -0.2) is 12.1 Å². The van der Waals surface area contributed by atoms with Crippen molar-refractivity contribution in [2.75, 3.05) is 7.11 Å². The molecule has 16 heavy (non-hydrogen) atoms. The van der Waals surface area contributed by atoms with Crippen molar-refractivity contribution in [2.45, 2.75) is 13.3 Å². The van der Waals surface area contributed by atoms with Crippen molar-refractivity contribution < 1.29 is 4.74 Å². The Kier molecular flexibility index (Phi) is 3.20. The van der Waals surface area contributed by atoms with Gasteiger partial charge in [-0.15, -0.1) is 0 Å². The number of methoxy groups -OCH3 is 1. The molecule has 0 amide bonds. The van der Waals surface area contributed by atoms with Crippen molar-refractivity contribution in [3.8, 4) is 16.9 Å². The molecule has 0 unspecified atom stereocenters. The first-order valence-corrected chi connectivity index (χ1v) is 5.42. The molecular weight excluding hydrogens is 198 g/mol. The third kappa shape index (κ3) is 2.06. The van der Waals surface area contributed by atoms with Crippen molar-refractivity contribution in [1.29, 1.82) is 0 Å². The highest BCUT2D eigenvalue weighted by Crippen LogP contribution is 2.26. The van der Waals surface area contributed by atoms with Gasteiger partial charge in [0.1, 0.15) is 5.75 Å². The standard InChI is InChI=1S/C14H15NO/c1-3-11-7-8-15-10-14(11)12-5-4-6-13(9-12)16-2/h4-10H,3H2,1-2H3. The van der Waals surface area contributed by atoms with Gasteiger partial charge in [0.25, 0.3) is 0 Å². The summed E-state index contributed by atoms with van der Waals surface area (Å²) >= 11 is 0. The highest BCUT2D eigenvalue weighted by Gasteiger charge is 2.04. The Bertz CT molecular complexity index is 480. The lowest BCUT2D eigenvalue weighted by Crippen LogP contribution is -1.89. The third-order valence-corrected chi connectivity index (χ3v) is 2.67. The summed E-state index contributed by atoms with van der Waals surface area (Å²) in [5.41, 5.74) is 3.65. The van der Waals surface area contributed by atoms with Crippen LogP contribution in [0.25, 0.3) is 11.1 Å². The van der Waals surface area contributed by atoms with E-state index in [-0.39, 0.29) is 0 Å². The maximum absolute atomic E-state index is 5.23. The minimum absolute atomic E-state index is 0.878. The van der Waals surface area contributed by atoms with E-state index >= 15 is 0 Å². The van der Waals surface area contributed by atoms with Crippen molar-refractivity contribution in [1.82, 2.24) is 4.98 Å². The fourth-order valence-electron chi connectivity index (χ4n) is 1.78. The fraction of sp³-hybridized carbons (Fsp3) is 0.214. The van der Waals surface area contributed by atoms with Crippen LogP contribution in [0.1, 0.15) is 12.5 Å². The van der Waals surface area contributed by atoms with E-state index in [1.165, 1.54) is 11.1 Å². The zero-order chi connectivity index (χ0) is 11.4. The van der Waals surface area contributed by atoms with E-state index in [1.807, 2.05) is 30.6 Å². The van der Waals surface area contributed by atoms with Gasteiger partial charge in [-0.1, -0.05) is 19.1 Å². The zero-order valence-corrected chi connectivity index (χ0v) is 9.60. The molecule has 2 heteroatoms. The minimum Gasteiger partial charge on any atom is -0.497 e. The molecule has 0 aliphatic rings. The monoisotopic (exact) mass is 213 g/mol. The van der Waals surface area contributed by atoms with Gasteiger partial charge in [0, 0.05) is 18.0 Å². The molecule has 2 rings (SSSR count). The van der Waals surface area contributed by atoms with E-state index < -0.39 is 0 Å². The molecule has 0 aliphatic heterocycles.